The molecular weight excluding hydrogens is 454 g/mol. The van der Waals surface area contributed by atoms with Crippen molar-refractivity contribution in [2.45, 2.75) is 59.6 Å². The number of anilines is 1. The maximum atomic E-state index is 12.4. The average molecular weight is 484 g/mol. The molecule has 2 aromatic rings. The number of nitrogens with zero attached hydrogens (tertiary/aromatic N) is 1. The first-order valence-corrected chi connectivity index (χ1v) is 12.0. The summed E-state index contributed by atoms with van der Waals surface area (Å²) in [5, 5.41) is 4.72. The molecule has 1 heterocycles. The molecule has 1 aromatic heterocycles. The van der Waals surface area contributed by atoms with Gasteiger partial charge in [-0.25, -0.2) is 18.2 Å². The van der Waals surface area contributed by atoms with Crippen LogP contribution in [0.2, 0.25) is 0 Å². The fourth-order valence-corrected chi connectivity index (χ4v) is 3.52. The zero-order chi connectivity index (χ0) is 24.1. The predicted octanol–water partition coefficient (Wildman–Crippen LogP) is 3.84. The highest BCUT2D eigenvalue weighted by Crippen LogP contribution is 2.28. The van der Waals surface area contributed by atoms with Gasteiger partial charge in [0.05, 0.1) is 17.2 Å². The average Bonchev–Trinajstić information content (AvgIpc) is 3.08. The first kappa shape index (κ1) is 25.6. The standard InChI is InChI=1S/C21H29N3O6S2/c1-20(2,3)17(25)29-19-23-16(12-31-19)15(22-18(26)30-21(4,5)6)11-13-7-9-14(10-8-13)24-32(27)28/h7-10,12,15,32H,11H2,1-6H3,(H,22,26)(H,24,27,28)/t15-/m0/s1. The Morgan fingerprint density at radius 3 is 2.25 bits per heavy atom. The molecule has 0 fully saturated rings. The van der Waals surface area contributed by atoms with Gasteiger partial charge < -0.3 is 14.8 Å². The van der Waals surface area contributed by atoms with Crippen LogP contribution in [0.1, 0.15) is 58.8 Å². The summed E-state index contributed by atoms with van der Waals surface area (Å²) in [6, 6.07) is 6.19. The number of thiazole rings is 1. The number of benzene rings is 1. The summed E-state index contributed by atoms with van der Waals surface area (Å²) >= 11 is 1.16. The Morgan fingerprint density at radius 1 is 1.09 bits per heavy atom. The van der Waals surface area contributed by atoms with E-state index in [4.69, 9.17) is 9.47 Å². The van der Waals surface area contributed by atoms with Crippen molar-refractivity contribution in [2.75, 3.05) is 4.72 Å². The number of rotatable bonds is 7. The lowest BCUT2D eigenvalue weighted by atomic mass is 9.98. The van der Waals surface area contributed by atoms with Gasteiger partial charge in [-0.05, 0) is 65.7 Å². The molecule has 11 heteroatoms. The highest BCUT2D eigenvalue weighted by molar-refractivity contribution is 7.73. The van der Waals surface area contributed by atoms with Crippen LogP contribution in [0.25, 0.3) is 0 Å². The summed E-state index contributed by atoms with van der Waals surface area (Å²) in [5.41, 5.74) is 0.435. The van der Waals surface area contributed by atoms with Gasteiger partial charge in [-0.1, -0.05) is 23.5 Å². The van der Waals surface area contributed by atoms with Crippen LogP contribution in [0.15, 0.2) is 29.6 Å². The first-order chi connectivity index (χ1) is 14.7. The Labute approximate surface area is 193 Å². The van der Waals surface area contributed by atoms with E-state index in [0.29, 0.717) is 17.8 Å². The zero-order valence-corrected chi connectivity index (χ0v) is 20.6. The Kier molecular flexibility index (Phi) is 8.24. The number of esters is 1. The number of thiol groups is 1. The largest absolute Gasteiger partial charge is 0.444 e. The molecule has 176 valence electrons. The lowest BCUT2D eigenvalue weighted by molar-refractivity contribution is -0.143. The third kappa shape index (κ3) is 8.46. The summed E-state index contributed by atoms with van der Waals surface area (Å²) in [4.78, 5) is 28.9. The topological polar surface area (TPSA) is 124 Å². The fraction of sp³-hybridized carbons (Fsp3) is 0.476. The molecule has 9 nitrogen and oxygen atoms in total. The summed E-state index contributed by atoms with van der Waals surface area (Å²) in [6.07, 6.45) is -0.246. The van der Waals surface area contributed by atoms with E-state index in [2.05, 4.69) is 15.0 Å². The Bertz CT molecular complexity index is 1010. The van der Waals surface area contributed by atoms with Crippen LogP contribution in [0.3, 0.4) is 0 Å². The number of ether oxygens (including phenoxy) is 2. The smallest absolute Gasteiger partial charge is 0.408 e. The van der Waals surface area contributed by atoms with E-state index in [1.165, 1.54) is 0 Å². The molecule has 1 amide bonds. The monoisotopic (exact) mass is 483 g/mol. The van der Waals surface area contributed by atoms with E-state index in [-0.39, 0.29) is 5.19 Å². The van der Waals surface area contributed by atoms with Crippen LogP contribution in [-0.4, -0.2) is 31.1 Å². The maximum Gasteiger partial charge on any atom is 0.408 e. The molecule has 0 unspecified atom stereocenters. The number of aromatic nitrogens is 1. The SMILES string of the molecule is CC(C)(C)OC(=O)N[C@@H](Cc1ccc(N[SH](=O)=O)cc1)c1csc(OC(=O)C(C)(C)C)n1. The molecule has 0 aliphatic rings. The summed E-state index contributed by atoms with van der Waals surface area (Å²) < 4.78 is 34.7. The molecule has 2 N–H and O–H groups in total. The molecule has 0 saturated heterocycles. The molecule has 0 aliphatic heterocycles. The second kappa shape index (κ2) is 10.3. The summed E-state index contributed by atoms with van der Waals surface area (Å²) in [6.45, 7) is 10.5. The third-order valence-corrected chi connectivity index (χ3v) is 5.13. The van der Waals surface area contributed by atoms with Crippen LogP contribution < -0.4 is 14.8 Å². The number of nitrogens with one attached hydrogen (secondary N) is 2. The van der Waals surface area contributed by atoms with Crippen LogP contribution >= 0.6 is 11.3 Å². The highest BCUT2D eigenvalue weighted by atomic mass is 32.2. The van der Waals surface area contributed by atoms with Crippen molar-refractivity contribution in [1.29, 1.82) is 0 Å². The van der Waals surface area contributed by atoms with Gasteiger partial charge in [-0.3, -0.25) is 9.52 Å². The normalized spacial score (nSPS) is 12.8. The van der Waals surface area contributed by atoms with E-state index in [0.717, 1.165) is 16.9 Å². The number of carbonyl (C=O) groups is 2. The summed E-state index contributed by atoms with van der Waals surface area (Å²) in [7, 11) is -2.75. The van der Waals surface area contributed by atoms with Gasteiger partial charge >= 0.3 is 12.1 Å². The Hall–Kier alpha value is -2.66. The lowest BCUT2D eigenvalue weighted by Crippen LogP contribution is -2.36. The van der Waals surface area contributed by atoms with Crippen molar-refractivity contribution in [1.82, 2.24) is 10.3 Å². The molecule has 0 saturated carbocycles. The van der Waals surface area contributed by atoms with E-state index in [1.807, 2.05) is 0 Å². The van der Waals surface area contributed by atoms with Crippen LogP contribution in [0, 0.1) is 5.41 Å². The molecule has 1 aromatic carbocycles. The van der Waals surface area contributed by atoms with Crippen molar-refractivity contribution >= 4 is 40.0 Å². The van der Waals surface area contributed by atoms with Crippen molar-refractivity contribution in [3.63, 3.8) is 0 Å². The van der Waals surface area contributed by atoms with E-state index < -0.39 is 40.0 Å². The van der Waals surface area contributed by atoms with Gasteiger partial charge in [0.1, 0.15) is 5.60 Å². The predicted molar refractivity (Wildman–Crippen MR) is 123 cm³/mol. The molecule has 0 radical (unpaired) electrons. The minimum Gasteiger partial charge on any atom is -0.444 e. The zero-order valence-electron chi connectivity index (χ0n) is 18.9. The first-order valence-electron chi connectivity index (χ1n) is 9.90. The van der Waals surface area contributed by atoms with Crippen molar-refractivity contribution < 1.29 is 27.5 Å². The van der Waals surface area contributed by atoms with Crippen LogP contribution in [0.4, 0.5) is 10.5 Å². The minimum absolute atomic E-state index is 0.190. The molecule has 2 rings (SSSR count). The minimum atomic E-state index is -2.75. The number of hydrogen-bond acceptors (Lipinski definition) is 8. The Balaban J connectivity index is 2.23. The number of carbonyl (C=O) groups excluding carboxylic acids is 2. The van der Waals surface area contributed by atoms with Crippen LogP contribution in [0.5, 0.6) is 5.19 Å². The highest BCUT2D eigenvalue weighted by Gasteiger charge is 2.27. The van der Waals surface area contributed by atoms with Gasteiger partial charge in [-0.2, -0.15) is 0 Å². The van der Waals surface area contributed by atoms with Crippen molar-refractivity contribution in [3.8, 4) is 5.19 Å². The maximum absolute atomic E-state index is 12.4. The summed E-state index contributed by atoms with van der Waals surface area (Å²) in [5.74, 6) is -0.408. The van der Waals surface area contributed by atoms with Gasteiger partial charge in [-0.15, -0.1) is 0 Å². The number of hydrogen-bond donors (Lipinski definition) is 3. The second-order valence-electron chi connectivity index (χ2n) is 9.15. The molecule has 0 aliphatic carbocycles. The molecule has 1 atom stereocenters. The molecular formula is C21H29N3O6S2. The van der Waals surface area contributed by atoms with Gasteiger partial charge in [0.25, 0.3) is 5.19 Å². The molecule has 32 heavy (non-hydrogen) atoms. The van der Waals surface area contributed by atoms with Gasteiger partial charge in [0.15, 0.2) is 0 Å². The second-order valence-corrected chi connectivity index (χ2v) is 10.7. The van der Waals surface area contributed by atoms with Gasteiger partial charge in [0.2, 0.25) is 10.9 Å². The number of amides is 1. The van der Waals surface area contributed by atoms with Crippen LogP contribution in [-0.2, 0) is 26.8 Å². The van der Waals surface area contributed by atoms with Crippen molar-refractivity contribution in [3.05, 3.63) is 40.9 Å². The molecule has 0 spiro atoms. The van der Waals surface area contributed by atoms with Crippen molar-refractivity contribution in [2.24, 2.45) is 5.41 Å². The van der Waals surface area contributed by atoms with E-state index in [1.54, 1.807) is 71.2 Å². The lowest BCUT2D eigenvalue weighted by Gasteiger charge is -2.23. The quantitative estimate of drug-likeness (QED) is 0.404. The fourth-order valence-electron chi connectivity index (χ4n) is 2.44. The van der Waals surface area contributed by atoms with E-state index >= 15 is 0 Å². The van der Waals surface area contributed by atoms with Gasteiger partial charge in [0, 0.05) is 11.1 Å². The molecule has 0 bridgehead atoms. The number of alkyl carbamates (subject to hydrolysis) is 1. The third-order valence-electron chi connectivity index (χ3n) is 3.96. The van der Waals surface area contributed by atoms with E-state index in [9.17, 15) is 18.0 Å². The Morgan fingerprint density at radius 2 is 1.72 bits per heavy atom.